The van der Waals surface area contributed by atoms with Gasteiger partial charge in [0.1, 0.15) is 5.82 Å². The Morgan fingerprint density at radius 1 is 1.00 bits per heavy atom. The van der Waals surface area contributed by atoms with Crippen molar-refractivity contribution in [2.75, 3.05) is 29.4 Å². The number of hydrogen-bond donors (Lipinski definition) is 1. The number of nitrogens with zero attached hydrogens (tertiary/aromatic N) is 6. The van der Waals surface area contributed by atoms with Crippen LogP contribution in [0.2, 0.25) is 0 Å². The van der Waals surface area contributed by atoms with E-state index in [0.29, 0.717) is 12.0 Å². The van der Waals surface area contributed by atoms with Gasteiger partial charge in [-0.2, -0.15) is 4.98 Å². The highest BCUT2D eigenvalue weighted by molar-refractivity contribution is 7.91. The summed E-state index contributed by atoms with van der Waals surface area (Å²) in [6.07, 6.45) is 9.25. The largest absolute Gasteiger partial charge is 0.362 e. The minimum Gasteiger partial charge on any atom is -0.362 e. The molecule has 0 unspecified atom stereocenters. The van der Waals surface area contributed by atoms with Gasteiger partial charge in [-0.1, -0.05) is 19.3 Å². The lowest BCUT2D eigenvalue weighted by Crippen LogP contribution is -2.43. The Balaban J connectivity index is 1.69. The first-order valence-corrected chi connectivity index (χ1v) is 12.7. The fourth-order valence-electron chi connectivity index (χ4n) is 4.06. The number of aromatic nitrogens is 4. The maximum Gasteiger partial charge on any atom is 0.246 e. The Labute approximate surface area is 203 Å². The SMILES string of the molecule is Cc1cnc(N(Nc2cncc(S(=O)(=O)c3ccc(F)c(F)c3)n2)C2CCCCC2)nc1N(C)C. The number of benzene rings is 1. The molecule has 35 heavy (non-hydrogen) atoms. The number of rotatable bonds is 7. The van der Waals surface area contributed by atoms with Crippen molar-refractivity contribution in [2.24, 2.45) is 0 Å². The average molecular weight is 504 g/mol. The van der Waals surface area contributed by atoms with E-state index < -0.39 is 31.4 Å². The van der Waals surface area contributed by atoms with Gasteiger partial charge in [-0.05, 0) is 38.0 Å². The maximum absolute atomic E-state index is 13.7. The van der Waals surface area contributed by atoms with Crippen LogP contribution in [0.15, 0.2) is 46.7 Å². The van der Waals surface area contributed by atoms with Gasteiger partial charge in [-0.25, -0.2) is 32.2 Å². The molecular weight excluding hydrogens is 476 g/mol. The summed E-state index contributed by atoms with van der Waals surface area (Å²) in [6, 6.07) is 2.45. The van der Waals surface area contributed by atoms with Gasteiger partial charge in [0.25, 0.3) is 0 Å². The number of hydrogen-bond acceptors (Lipinski definition) is 9. The number of nitrogens with one attached hydrogen (secondary N) is 1. The fourth-order valence-corrected chi connectivity index (χ4v) is 5.22. The third-order valence-electron chi connectivity index (χ3n) is 5.84. The summed E-state index contributed by atoms with van der Waals surface area (Å²) in [5.74, 6) is -1.04. The van der Waals surface area contributed by atoms with Crippen LogP contribution >= 0.6 is 0 Å². The van der Waals surface area contributed by atoms with Crippen LogP contribution in [0.1, 0.15) is 37.7 Å². The summed E-state index contributed by atoms with van der Waals surface area (Å²) < 4.78 is 53.0. The molecule has 1 fully saturated rings. The number of halogens is 2. The smallest absolute Gasteiger partial charge is 0.246 e. The first kappa shape index (κ1) is 24.7. The zero-order valence-electron chi connectivity index (χ0n) is 19.7. The van der Waals surface area contributed by atoms with E-state index in [9.17, 15) is 17.2 Å². The zero-order valence-corrected chi connectivity index (χ0v) is 20.6. The molecule has 0 atom stereocenters. The highest BCUT2D eigenvalue weighted by Gasteiger charge is 2.27. The summed E-state index contributed by atoms with van der Waals surface area (Å²) in [5.41, 5.74) is 4.07. The van der Waals surface area contributed by atoms with E-state index in [1.54, 1.807) is 6.20 Å². The number of anilines is 3. The van der Waals surface area contributed by atoms with E-state index in [-0.39, 0.29) is 11.9 Å². The van der Waals surface area contributed by atoms with Gasteiger partial charge >= 0.3 is 0 Å². The van der Waals surface area contributed by atoms with Crippen LogP contribution in [-0.4, -0.2) is 48.5 Å². The van der Waals surface area contributed by atoms with E-state index >= 15 is 0 Å². The Morgan fingerprint density at radius 2 is 1.74 bits per heavy atom. The minimum atomic E-state index is -4.23. The molecule has 1 saturated carbocycles. The van der Waals surface area contributed by atoms with Gasteiger partial charge in [0, 0.05) is 25.9 Å². The van der Waals surface area contributed by atoms with E-state index in [1.807, 2.05) is 30.9 Å². The molecule has 0 bridgehead atoms. The van der Waals surface area contributed by atoms with Crippen molar-refractivity contribution in [1.29, 1.82) is 0 Å². The number of sulfone groups is 1. The van der Waals surface area contributed by atoms with Crippen LogP contribution in [0.5, 0.6) is 0 Å². The first-order valence-electron chi connectivity index (χ1n) is 11.3. The second-order valence-electron chi connectivity index (χ2n) is 8.67. The van der Waals surface area contributed by atoms with E-state index in [2.05, 4.69) is 20.4 Å². The van der Waals surface area contributed by atoms with Crippen LogP contribution in [0.4, 0.5) is 26.4 Å². The standard InChI is InChI=1S/C23H27F2N7O2S/c1-15-12-27-23(29-22(15)31(2)3)32(16-7-5-4-6-8-16)30-20-13-26-14-21(28-20)35(33,34)17-9-10-18(24)19(25)11-17/h9-14,16H,4-8H2,1-3H3,(H,28,30). The van der Waals surface area contributed by atoms with Crippen molar-refractivity contribution in [3.63, 3.8) is 0 Å². The zero-order chi connectivity index (χ0) is 25.2. The van der Waals surface area contributed by atoms with Crippen LogP contribution in [-0.2, 0) is 9.84 Å². The molecule has 3 aromatic rings. The lowest BCUT2D eigenvalue weighted by Gasteiger charge is -2.35. The molecule has 0 spiro atoms. The summed E-state index contributed by atoms with van der Waals surface area (Å²) in [6.45, 7) is 1.93. The number of hydrazine groups is 1. The lowest BCUT2D eigenvalue weighted by molar-refractivity contribution is 0.422. The molecule has 0 amide bonds. The quantitative estimate of drug-likeness (QED) is 0.379. The van der Waals surface area contributed by atoms with Crippen molar-refractivity contribution in [3.8, 4) is 0 Å². The molecule has 4 rings (SSSR count). The fraction of sp³-hybridized carbons (Fsp3) is 0.391. The topological polar surface area (TPSA) is 104 Å². The second-order valence-corrected chi connectivity index (χ2v) is 10.6. The Bertz CT molecular complexity index is 1310. The third-order valence-corrected chi connectivity index (χ3v) is 7.46. The summed E-state index contributed by atoms with van der Waals surface area (Å²) in [4.78, 5) is 19.0. The molecule has 2 aromatic heterocycles. The first-order chi connectivity index (χ1) is 16.7. The minimum absolute atomic E-state index is 0.0646. The highest BCUT2D eigenvalue weighted by Crippen LogP contribution is 2.28. The summed E-state index contributed by atoms with van der Waals surface area (Å²) in [5, 5.41) is 1.42. The van der Waals surface area contributed by atoms with Crippen molar-refractivity contribution < 1.29 is 17.2 Å². The van der Waals surface area contributed by atoms with Gasteiger partial charge < -0.3 is 4.90 Å². The molecule has 186 valence electrons. The molecule has 0 aliphatic heterocycles. The lowest BCUT2D eigenvalue weighted by atomic mass is 9.95. The summed E-state index contributed by atoms with van der Waals surface area (Å²) in [7, 11) is -0.430. The van der Waals surface area contributed by atoms with Crippen molar-refractivity contribution in [1.82, 2.24) is 19.9 Å². The van der Waals surface area contributed by atoms with Crippen molar-refractivity contribution in [3.05, 3.63) is 54.0 Å². The van der Waals surface area contributed by atoms with Crippen molar-refractivity contribution in [2.45, 2.75) is 55.0 Å². The maximum atomic E-state index is 13.7. The molecule has 1 N–H and O–H groups in total. The normalized spacial score (nSPS) is 14.5. The molecule has 1 aliphatic carbocycles. The second kappa shape index (κ2) is 10.1. The van der Waals surface area contributed by atoms with E-state index in [4.69, 9.17) is 4.98 Å². The Morgan fingerprint density at radius 3 is 2.43 bits per heavy atom. The Kier molecular flexibility index (Phi) is 7.10. The molecular formula is C23H27F2N7O2S. The van der Waals surface area contributed by atoms with Gasteiger partial charge in [0.05, 0.1) is 23.3 Å². The van der Waals surface area contributed by atoms with Gasteiger partial charge in [-0.3, -0.25) is 10.4 Å². The van der Waals surface area contributed by atoms with Gasteiger partial charge in [0.15, 0.2) is 22.5 Å². The van der Waals surface area contributed by atoms with E-state index in [0.717, 1.165) is 61.8 Å². The van der Waals surface area contributed by atoms with Crippen LogP contribution in [0.3, 0.4) is 0 Å². The van der Waals surface area contributed by atoms with Gasteiger partial charge in [0.2, 0.25) is 15.8 Å². The Hall–Kier alpha value is -3.41. The molecule has 1 aliphatic rings. The molecule has 1 aromatic carbocycles. The molecule has 2 heterocycles. The van der Waals surface area contributed by atoms with Crippen LogP contribution < -0.4 is 15.3 Å². The van der Waals surface area contributed by atoms with Crippen LogP contribution in [0, 0.1) is 18.6 Å². The predicted molar refractivity (Wildman–Crippen MR) is 128 cm³/mol. The molecule has 0 saturated heterocycles. The third kappa shape index (κ3) is 5.31. The number of aryl methyl sites for hydroxylation is 1. The van der Waals surface area contributed by atoms with Crippen molar-refractivity contribution >= 4 is 27.4 Å². The summed E-state index contributed by atoms with van der Waals surface area (Å²) >= 11 is 0. The predicted octanol–water partition coefficient (Wildman–Crippen LogP) is 3.92. The van der Waals surface area contributed by atoms with E-state index in [1.165, 1.54) is 6.20 Å². The molecule has 0 radical (unpaired) electrons. The van der Waals surface area contributed by atoms with Crippen LogP contribution in [0.25, 0.3) is 0 Å². The average Bonchev–Trinajstić information content (AvgIpc) is 2.85. The van der Waals surface area contributed by atoms with Gasteiger partial charge in [-0.15, -0.1) is 0 Å². The molecule has 12 heteroatoms. The monoisotopic (exact) mass is 503 g/mol. The molecule has 9 nitrogen and oxygen atoms in total. The highest BCUT2D eigenvalue weighted by atomic mass is 32.2.